The van der Waals surface area contributed by atoms with Crippen molar-refractivity contribution < 1.29 is 4.79 Å². The summed E-state index contributed by atoms with van der Waals surface area (Å²) >= 11 is 0. The Morgan fingerprint density at radius 2 is 1.28 bits per heavy atom. The van der Waals surface area contributed by atoms with Crippen molar-refractivity contribution in [3.8, 4) is 11.1 Å². The molecule has 0 unspecified atom stereocenters. The first-order valence-corrected chi connectivity index (χ1v) is 8.13. The normalized spacial score (nSPS) is 11.5. The van der Waals surface area contributed by atoms with Crippen LogP contribution in [0.4, 0.5) is 5.69 Å². The monoisotopic (exact) mass is 327 g/mol. The molecule has 122 valence electrons. The van der Waals surface area contributed by atoms with Crippen LogP contribution in [-0.4, -0.2) is 18.7 Å². The molecule has 2 N–H and O–H groups in total. The molecule has 0 heterocycles. The summed E-state index contributed by atoms with van der Waals surface area (Å²) in [5.74, 6) is -0.237. The van der Waals surface area contributed by atoms with E-state index in [9.17, 15) is 4.79 Å². The van der Waals surface area contributed by atoms with Gasteiger partial charge >= 0.3 is 0 Å². The molecule has 0 saturated heterocycles. The van der Waals surface area contributed by atoms with E-state index in [4.69, 9.17) is 0 Å². The van der Waals surface area contributed by atoms with E-state index in [1.54, 1.807) is 13.1 Å². The Bertz CT molecular complexity index is 944. The first kappa shape index (κ1) is 15.1. The number of anilines is 1. The molecule has 1 aliphatic rings. The Morgan fingerprint density at radius 3 is 1.88 bits per heavy atom. The Balaban J connectivity index is 1.71. The molecule has 1 aliphatic carbocycles. The summed E-state index contributed by atoms with van der Waals surface area (Å²) in [6.45, 7) is 0. The van der Waals surface area contributed by atoms with Crippen LogP contribution >= 0.6 is 0 Å². The van der Waals surface area contributed by atoms with Gasteiger partial charge in [-0.15, -0.1) is 0 Å². The maximum absolute atomic E-state index is 12.5. The van der Waals surface area contributed by atoms with Crippen LogP contribution in [0.25, 0.3) is 11.1 Å². The lowest BCUT2D eigenvalue weighted by molar-refractivity contribution is 0.0955. The number of nitrogens with zero attached hydrogens (tertiary/aromatic N) is 1. The highest BCUT2D eigenvalue weighted by Gasteiger charge is 2.24. The molecule has 1 amide bonds. The van der Waals surface area contributed by atoms with Crippen LogP contribution in [0, 0.1) is 0 Å². The standard InChI is InChI=1S/C21H17N3O/c1-22-19-13-7-6-12-18(19)21(25)24-23-20-16-10-4-2-8-14(16)15-9-3-5-11-17(15)20/h2-13,22H,1H3,(H,24,25). The predicted octanol–water partition coefficient (Wildman–Crippen LogP) is 3.89. The topological polar surface area (TPSA) is 53.5 Å². The van der Waals surface area contributed by atoms with Gasteiger partial charge in [0.1, 0.15) is 0 Å². The van der Waals surface area contributed by atoms with Crippen LogP contribution in [0.3, 0.4) is 0 Å². The molecule has 4 nitrogen and oxygen atoms in total. The van der Waals surface area contributed by atoms with Crippen molar-refractivity contribution >= 4 is 17.3 Å². The second-order valence-corrected chi connectivity index (χ2v) is 5.79. The second-order valence-electron chi connectivity index (χ2n) is 5.79. The maximum Gasteiger partial charge on any atom is 0.273 e. The van der Waals surface area contributed by atoms with Crippen molar-refractivity contribution in [3.05, 3.63) is 89.5 Å². The molecule has 0 aromatic heterocycles. The number of rotatable bonds is 3. The van der Waals surface area contributed by atoms with E-state index in [1.807, 2.05) is 54.6 Å². The minimum atomic E-state index is -0.237. The van der Waals surface area contributed by atoms with Crippen LogP contribution in [0.5, 0.6) is 0 Å². The van der Waals surface area contributed by atoms with Gasteiger partial charge < -0.3 is 5.32 Å². The van der Waals surface area contributed by atoms with E-state index in [-0.39, 0.29) is 5.91 Å². The molecule has 0 saturated carbocycles. The number of fused-ring (bicyclic) bond motifs is 3. The molecular weight excluding hydrogens is 310 g/mol. The quantitative estimate of drug-likeness (QED) is 0.561. The minimum Gasteiger partial charge on any atom is -0.387 e. The number of amides is 1. The van der Waals surface area contributed by atoms with Gasteiger partial charge in [-0.3, -0.25) is 4.79 Å². The molecule has 4 heteroatoms. The van der Waals surface area contributed by atoms with Crippen LogP contribution in [0.2, 0.25) is 0 Å². The predicted molar refractivity (Wildman–Crippen MR) is 101 cm³/mol. The summed E-state index contributed by atoms with van der Waals surface area (Å²) in [5, 5.41) is 7.47. The molecule has 0 spiro atoms. The fourth-order valence-corrected chi connectivity index (χ4v) is 3.18. The Kier molecular flexibility index (Phi) is 3.78. The van der Waals surface area contributed by atoms with Gasteiger partial charge in [0.05, 0.1) is 11.3 Å². The van der Waals surface area contributed by atoms with Gasteiger partial charge in [0.25, 0.3) is 5.91 Å². The zero-order valence-corrected chi connectivity index (χ0v) is 13.8. The highest BCUT2D eigenvalue weighted by molar-refractivity contribution is 6.24. The average molecular weight is 327 g/mol. The molecular formula is C21H17N3O. The largest absolute Gasteiger partial charge is 0.387 e. The second kappa shape index (κ2) is 6.24. The number of nitrogens with one attached hydrogen (secondary N) is 2. The van der Waals surface area contributed by atoms with E-state index in [0.29, 0.717) is 5.56 Å². The summed E-state index contributed by atoms with van der Waals surface area (Å²) in [6.07, 6.45) is 0. The van der Waals surface area contributed by atoms with Crippen molar-refractivity contribution in [2.24, 2.45) is 5.10 Å². The smallest absolute Gasteiger partial charge is 0.273 e. The van der Waals surface area contributed by atoms with Gasteiger partial charge in [-0.05, 0) is 23.3 Å². The molecule has 0 fully saturated rings. The fourth-order valence-electron chi connectivity index (χ4n) is 3.18. The molecule has 3 aromatic rings. The molecule has 3 aromatic carbocycles. The third-order valence-electron chi connectivity index (χ3n) is 4.36. The minimum absolute atomic E-state index is 0.237. The maximum atomic E-state index is 12.5. The zero-order chi connectivity index (χ0) is 17.2. The van der Waals surface area contributed by atoms with E-state index in [1.165, 1.54) is 0 Å². The molecule has 0 radical (unpaired) electrons. The molecule has 0 atom stereocenters. The van der Waals surface area contributed by atoms with E-state index in [2.05, 4.69) is 28.0 Å². The third-order valence-corrected chi connectivity index (χ3v) is 4.36. The number of carbonyl (C=O) groups is 1. The van der Waals surface area contributed by atoms with E-state index >= 15 is 0 Å². The zero-order valence-electron chi connectivity index (χ0n) is 13.8. The van der Waals surface area contributed by atoms with Gasteiger partial charge in [0.2, 0.25) is 0 Å². The van der Waals surface area contributed by atoms with Crippen LogP contribution in [-0.2, 0) is 0 Å². The van der Waals surface area contributed by atoms with Gasteiger partial charge in [0, 0.05) is 23.9 Å². The summed E-state index contributed by atoms with van der Waals surface area (Å²) in [6, 6.07) is 23.6. The van der Waals surface area contributed by atoms with Crippen LogP contribution < -0.4 is 10.7 Å². The van der Waals surface area contributed by atoms with Gasteiger partial charge in [-0.25, -0.2) is 5.43 Å². The van der Waals surface area contributed by atoms with Crippen molar-refractivity contribution in [3.63, 3.8) is 0 Å². The first-order valence-electron chi connectivity index (χ1n) is 8.13. The van der Waals surface area contributed by atoms with Crippen molar-refractivity contribution in [1.29, 1.82) is 0 Å². The number of hydrogen-bond donors (Lipinski definition) is 2. The van der Waals surface area contributed by atoms with Crippen molar-refractivity contribution in [2.75, 3.05) is 12.4 Å². The number of benzene rings is 3. The highest BCUT2D eigenvalue weighted by atomic mass is 16.2. The number of hydrazone groups is 1. The number of carbonyl (C=O) groups excluding carboxylic acids is 1. The SMILES string of the molecule is CNc1ccccc1C(=O)NN=C1c2ccccc2-c2ccccc21. The fraction of sp³-hybridized carbons (Fsp3) is 0.0476. The lowest BCUT2D eigenvalue weighted by Crippen LogP contribution is -2.21. The number of para-hydroxylation sites is 1. The Hall–Kier alpha value is -3.40. The molecule has 0 aliphatic heterocycles. The average Bonchev–Trinajstić information content (AvgIpc) is 3.00. The van der Waals surface area contributed by atoms with Gasteiger partial charge in [0.15, 0.2) is 0 Å². The van der Waals surface area contributed by atoms with E-state index < -0.39 is 0 Å². The lowest BCUT2D eigenvalue weighted by Gasteiger charge is -2.08. The molecule has 4 rings (SSSR count). The summed E-state index contributed by atoms with van der Waals surface area (Å²) < 4.78 is 0. The summed E-state index contributed by atoms with van der Waals surface area (Å²) in [7, 11) is 1.79. The first-order chi connectivity index (χ1) is 12.3. The van der Waals surface area contributed by atoms with Gasteiger partial charge in [-0.1, -0.05) is 60.7 Å². The Morgan fingerprint density at radius 1 is 0.760 bits per heavy atom. The highest BCUT2D eigenvalue weighted by Crippen LogP contribution is 2.36. The Labute approximate surface area is 146 Å². The van der Waals surface area contributed by atoms with Crippen LogP contribution in [0.15, 0.2) is 77.9 Å². The van der Waals surface area contributed by atoms with Gasteiger partial charge in [-0.2, -0.15) is 5.10 Å². The van der Waals surface area contributed by atoms with Crippen LogP contribution in [0.1, 0.15) is 21.5 Å². The van der Waals surface area contributed by atoms with E-state index in [0.717, 1.165) is 33.7 Å². The molecule has 25 heavy (non-hydrogen) atoms. The van der Waals surface area contributed by atoms with Crippen molar-refractivity contribution in [2.45, 2.75) is 0 Å². The summed E-state index contributed by atoms with van der Waals surface area (Å²) in [4.78, 5) is 12.5. The van der Waals surface area contributed by atoms with Crippen molar-refractivity contribution in [1.82, 2.24) is 5.43 Å². The third kappa shape index (κ3) is 2.58. The number of hydrogen-bond acceptors (Lipinski definition) is 3. The summed E-state index contributed by atoms with van der Waals surface area (Å²) in [5.41, 5.74) is 9.18. The molecule has 0 bridgehead atoms. The lowest BCUT2D eigenvalue weighted by atomic mass is 10.1.